The van der Waals surface area contributed by atoms with E-state index in [1.165, 1.54) is 4.70 Å². The zero-order chi connectivity index (χ0) is 9.42. The molecule has 2 rings (SSSR count). The van der Waals surface area contributed by atoms with Crippen LogP contribution in [0.25, 0.3) is 10.1 Å². The van der Waals surface area contributed by atoms with Gasteiger partial charge < -0.3 is 4.74 Å². The van der Waals surface area contributed by atoms with Crippen molar-refractivity contribution in [3.05, 3.63) is 28.1 Å². The fraction of sp³-hybridized carbons (Fsp3) is 0.200. The molecular formula is C10H9ClOS. The highest BCUT2D eigenvalue weighted by Crippen LogP contribution is 2.36. The summed E-state index contributed by atoms with van der Waals surface area (Å²) >= 11 is 7.68. The quantitative estimate of drug-likeness (QED) is 0.697. The highest BCUT2D eigenvalue weighted by Gasteiger charge is 2.07. The Morgan fingerprint density at radius 1 is 1.38 bits per heavy atom. The van der Waals surface area contributed by atoms with Gasteiger partial charge in [-0.05, 0) is 24.6 Å². The maximum Gasteiger partial charge on any atom is 0.137 e. The van der Waals surface area contributed by atoms with Crippen LogP contribution in [0.15, 0.2) is 17.5 Å². The van der Waals surface area contributed by atoms with Crippen molar-refractivity contribution < 1.29 is 4.74 Å². The summed E-state index contributed by atoms with van der Waals surface area (Å²) in [6.07, 6.45) is 0. The van der Waals surface area contributed by atoms with E-state index in [4.69, 9.17) is 16.3 Å². The minimum absolute atomic E-state index is 0.817. The third-order valence-corrected chi connectivity index (χ3v) is 3.61. The summed E-state index contributed by atoms with van der Waals surface area (Å²) in [4.78, 5) is 0. The van der Waals surface area contributed by atoms with Crippen LogP contribution in [0.2, 0.25) is 5.02 Å². The zero-order valence-corrected chi connectivity index (χ0v) is 9.00. The van der Waals surface area contributed by atoms with E-state index in [-0.39, 0.29) is 0 Å². The molecule has 0 fully saturated rings. The van der Waals surface area contributed by atoms with E-state index in [1.807, 2.05) is 24.4 Å². The Balaban J connectivity index is 2.81. The van der Waals surface area contributed by atoms with Crippen molar-refractivity contribution in [3.8, 4) is 5.75 Å². The van der Waals surface area contributed by atoms with Gasteiger partial charge in [-0.15, -0.1) is 11.3 Å². The van der Waals surface area contributed by atoms with Gasteiger partial charge >= 0.3 is 0 Å². The summed E-state index contributed by atoms with van der Waals surface area (Å²) in [5, 5.41) is 3.97. The summed E-state index contributed by atoms with van der Waals surface area (Å²) in [5.74, 6) is 0.930. The van der Waals surface area contributed by atoms with Gasteiger partial charge in [0.05, 0.1) is 7.11 Å². The molecule has 0 unspecified atom stereocenters. The highest BCUT2D eigenvalue weighted by atomic mass is 35.5. The Morgan fingerprint density at radius 2 is 2.15 bits per heavy atom. The average Bonchev–Trinajstić information content (AvgIpc) is 2.55. The van der Waals surface area contributed by atoms with E-state index in [0.29, 0.717) is 0 Å². The minimum Gasteiger partial charge on any atom is -0.495 e. The van der Waals surface area contributed by atoms with Gasteiger partial charge in [0.15, 0.2) is 0 Å². The third kappa shape index (κ3) is 1.30. The number of hydrogen-bond donors (Lipinski definition) is 0. The molecule has 2 aromatic rings. The molecule has 0 aliphatic carbocycles. The summed E-state index contributed by atoms with van der Waals surface area (Å²) < 4.78 is 6.44. The number of fused-ring (bicyclic) bond motifs is 1. The lowest BCUT2D eigenvalue weighted by Crippen LogP contribution is -1.80. The number of hydrogen-bond acceptors (Lipinski definition) is 2. The van der Waals surface area contributed by atoms with Crippen LogP contribution in [-0.4, -0.2) is 7.11 Å². The topological polar surface area (TPSA) is 9.23 Å². The lowest BCUT2D eigenvalue weighted by molar-refractivity contribution is 0.421. The first-order chi connectivity index (χ1) is 6.24. The second-order valence-electron chi connectivity index (χ2n) is 2.85. The molecule has 13 heavy (non-hydrogen) atoms. The lowest BCUT2D eigenvalue weighted by atomic mass is 10.2. The summed E-state index contributed by atoms with van der Waals surface area (Å²) in [6.45, 7) is 2.03. The molecule has 0 saturated heterocycles. The Labute approximate surface area is 85.9 Å². The van der Waals surface area contributed by atoms with Gasteiger partial charge in [-0.2, -0.15) is 0 Å². The first-order valence-corrected chi connectivity index (χ1v) is 5.20. The van der Waals surface area contributed by atoms with Crippen LogP contribution in [0.1, 0.15) is 5.56 Å². The second kappa shape index (κ2) is 3.20. The van der Waals surface area contributed by atoms with E-state index in [2.05, 4.69) is 0 Å². The van der Waals surface area contributed by atoms with Crippen molar-refractivity contribution in [2.75, 3.05) is 7.11 Å². The Hall–Kier alpha value is -0.730. The van der Waals surface area contributed by atoms with Crippen molar-refractivity contribution >= 4 is 33.0 Å². The maximum atomic E-state index is 6.01. The van der Waals surface area contributed by atoms with Crippen molar-refractivity contribution in [1.29, 1.82) is 0 Å². The van der Waals surface area contributed by atoms with Gasteiger partial charge in [0.1, 0.15) is 5.75 Å². The Kier molecular flexibility index (Phi) is 2.18. The molecule has 1 aromatic heterocycles. The molecule has 0 N–H and O–H groups in total. The molecule has 68 valence electrons. The monoisotopic (exact) mass is 212 g/mol. The first-order valence-electron chi connectivity index (χ1n) is 3.94. The number of thiophene rings is 1. The standard InChI is InChI=1S/C10H9ClOS/c1-6-8(11)4-3-7-9(12-2)5-13-10(6)7/h3-5H,1-2H3. The predicted molar refractivity (Wildman–Crippen MR) is 58.1 cm³/mol. The van der Waals surface area contributed by atoms with Crippen LogP contribution in [-0.2, 0) is 0 Å². The summed E-state index contributed by atoms with van der Waals surface area (Å²) in [7, 11) is 1.69. The predicted octanol–water partition coefficient (Wildman–Crippen LogP) is 3.87. The molecule has 3 heteroatoms. The summed E-state index contributed by atoms with van der Waals surface area (Å²) in [5.41, 5.74) is 1.13. The first kappa shape index (κ1) is 8.85. The van der Waals surface area contributed by atoms with Gasteiger partial charge in [-0.1, -0.05) is 11.6 Å². The molecule has 1 aromatic carbocycles. The van der Waals surface area contributed by atoms with E-state index in [1.54, 1.807) is 18.4 Å². The zero-order valence-electron chi connectivity index (χ0n) is 7.43. The van der Waals surface area contributed by atoms with Crippen molar-refractivity contribution in [2.45, 2.75) is 6.92 Å². The smallest absolute Gasteiger partial charge is 0.137 e. The van der Waals surface area contributed by atoms with E-state index >= 15 is 0 Å². The van der Waals surface area contributed by atoms with Crippen LogP contribution in [0.4, 0.5) is 0 Å². The SMILES string of the molecule is COc1csc2c(C)c(Cl)ccc12. The Bertz CT molecular complexity index is 447. The molecule has 0 amide bonds. The van der Waals surface area contributed by atoms with Crippen molar-refractivity contribution in [3.63, 3.8) is 0 Å². The normalized spacial score (nSPS) is 10.7. The van der Waals surface area contributed by atoms with E-state index in [0.717, 1.165) is 21.7 Å². The fourth-order valence-electron chi connectivity index (χ4n) is 1.35. The minimum atomic E-state index is 0.817. The molecule has 0 aliphatic rings. The number of benzene rings is 1. The van der Waals surface area contributed by atoms with Gasteiger partial charge in [-0.25, -0.2) is 0 Å². The van der Waals surface area contributed by atoms with Crippen LogP contribution in [0.3, 0.4) is 0 Å². The largest absolute Gasteiger partial charge is 0.495 e. The number of aryl methyl sites for hydroxylation is 1. The molecule has 0 radical (unpaired) electrons. The van der Waals surface area contributed by atoms with Gasteiger partial charge in [0, 0.05) is 20.5 Å². The van der Waals surface area contributed by atoms with E-state index in [9.17, 15) is 0 Å². The summed E-state index contributed by atoms with van der Waals surface area (Å²) in [6, 6.07) is 3.91. The molecule has 0 bridgehead atoms. The third-order valence-electron chi connectivity index (χ3n) is 2.11. The number of halogens is 1. The van der Waals surface area contributed by atoms with Gasteiger partial charge in [0.25, 0.3) is 0 Å². The maximum absolute atomic E-state index is 6.01. The lowest BCUT2D eigenvalue weighted by Gasteiger charge is -2.00. The highest BCUT2D eigenvalue weighted by molar-refractivity contribution is 7.17. The van der Waals surface area contributed by atoms with Gasteiger partial charge in [0.2, 0.25) is 0 Å². The van der Waals surface area contributed by atoms with Gasteiger partial charge in [-0.3, -0.25) is 0 Å². The average molecular weight is 213 g/mol. The molecule has 0 atom stereocenters. The molecule has 0 aliphatic heterocycles. The molecule has 1 nitrogen and oxygen atoms in total. The van der Waals surface area contributed by atoms with Crippen LogP contribution >= 0.6 is 22.9 Å². The second-order valence-corrected chi connectivity index (χ2v) is 4.14. The molecule has 1 heterocycles. The van der Waals surface area contributed by atoms with Crippen molar-refractivity contribution in [1.82, 2.24) is 0 Å². The molecule has 0 saturated carbocycles. The number of ether oxygens (including phenoxy) is 1. The van der Waals surface area contributed by atoms with E-state index < -0.39 is 0 Å². The molecular weight excluding hydrogens is 204 g/mol. The van der Waals surface area contributed by atoms with Crippen LogP contribution < -0.4 is 4.74 Å². The van der Waals surface area contributed by atoms with Crippen LogP contribution in [0.5, 0.6) is 5.75 Å². The van der Waals surface area contributed by atoms with Crippen molar-refractivity contribution in [2.24, 2.45) is 0 Å². The number of rotatable bonds is 1. The fourth-order valence-corrected chi connectivity index (χ4v) is 2.59. The Morgan fingerprint density at radius 3 is 2.85 bits per heavy atom. The molecule has 0 spiro atoms. The number of methoxy groups -OCH3 is 1. The van der Waals surface area contributed by atoms with Crippen LogP contribution in [0, 0.1) is 6.92 Å².